The molecule has 1 saturated heterocycles. The van der Waals surface area contributed by atoms with E-state index in [0.29, 0.717) is 40.8 Å². The number of thioether (sulfide) groups is 1. The number of likely N-dealkylation sites (tertiary alicyclic amines) is 1. The number of hydrogen-bond acceptors (Lipinski definition) is 6. The number of ether oxygens (including phenoxy) is 1. The van der Waals surface area contributed by atoms with Crippen molar-refractivity contribution >= 4 is 44.6 Å². The van der Waals surface area contributed by atoms with Crippen molar-refractivity contribution in [3.8, 4) is 11.5 Å². The summed E-state index contributed by atoms with van der Waals surface area (Å²) in [6, 6.07) is 17.6. The molecule has 2 aliphatic heterocycles. The molecule has 0 N–H and O–H groups in total. The van der Waals surface area contributed by atoms with Gasteiger partial charge >= 0.3 is 15.6 Å². The third-order valence-electron chi connectivity index (χ3n) is 7.41. The number of rotatable bonds is 9. The maximum absolute atomic E-state index is 13.0. The molecule has 2 heterocycles. The van der Waals surface area contributed by atoms with Gasteiger partial charge in [-0.1, -0.05) is 35.9 Å². The fraction of sp³-hybridized carbons (Fsp3) is 0.355. The van der Waals surface area contributed by atoms with Crippen molar-refractivity contribution in [2.75, 3.05) is 32.1 Å². The topological polar surface area (TPSA) is 55.8 Å². The Hall–Kier alpha value is -2.73. The first-order valence-electron chi connectivity index (χ1n) is 13.8. The minimum atomic E-state index is -5.81. The van der Waals surface area contributed by atoms with Crippen molar-refractivity contribution in [1.82, 2.24) is 4.90 Å². The second kappa shape index (κ2) is 13.1. The van der Waals surface area contributed by atoms with Crippen molar-refractivity contribution < 1.29 is 34.9 Å². The lowest BCUT2D eigenvalue weighted by atomic mass is 9.87. The van der Waals surface area contributed by atoms with Crippen LogP contribution in [0.1, 0.15) is 41.5 Å². The average Bonchev–Trinajstić information content (AvgIpc) is 3.31. The van der Waals surface area contributed by atoms with Crippen LogP contribution in [0.2, 0.25) is 5.02 Å². The maximum atomic E-state index is 13.0. The largest absolute Gasteiger partial charge is 0.534 e. The van der Waals surface area contributed by atoms with Crippen LogP contribution < -0.4 is 8.92 Å². The molecule has 0 amide bonds. The van der Waals surface area contributed by atoms with E-state index in [1.54, 1.807) is 6.07 Å². The van der Waals surface area contributed by atoms with E-state index < -0.39 is 21.4 Å². The first-order valence-corrected chi connectivity index (χ1v) is 16.6. The van der Waals surface area contributed by atoms with Crippen LogP contribution in [0.15, 0.2) is 65.6 Å². The Bertz CT molecular complexity index is 1610. The summed E-state index contributed by atoms with van der Waals surface area (Å²) in [6.07, 6.45) is 2.02. The van der Waals surface area contributed by atoms with Crippen molar-refractivity contribution in [3.63, 3.8) is 0 Å². The van der Waals surface area contributed by atoms with Gasteiger partial charge < -0.3 is 8.92 Å². The summed E-state index contributed by atoms with van der Waals surface area (Å²) in [5.41, 5.74) is -0.157. The minimum absolute atomic E-state index is 0.0127. The predicted octanol–water partition coefficient (Wildman–Crippen LogP) is 8.14. The molecule has 5 nitrogen and oxygen atoms in total. The average molecular weight is 656 g/mol. The first kappa shape index (κ1) is 31.7. The molecule has 0 spiro atoms. The summed E-state index contributed by atoms with van der Waals surface area (Å²) in [5.74, 6) is 0.898. The fourth-order valence-corrected chi connectivity index (χ4v) is 6.95. The van der Waals surface area contributed by atoms with E-state index in [4.69, 9.17) is 16.3 Å². The van der Waals surface area contributed by atoms with Crippen LogP contribution in [0.25, 0.3) is 11.1 Å². The smallest absolute Gasteiger partial charge is 0.489 e. The zero-order valence-electron chi connectivity index (χ0n) is 23.3. The van der Waals surface area contributed by atoms with Crippen LogP contribution >= 0.6 is 23.4 Å². The Morgan fingerprint density at radius 1 is 1.02 bits per heavy atom. The molecule has 230 valence electrons. The second-order valence-electron chi connectivity index (χ2n) is 10.5. The van der Waals surface area contributed by atoms with Crippen LogP contribution in [0.3, 0.4) is 0 Å². The summed E-state index contributed by atoms with van der Waals surface area (Å²) in [7, 11) is -5.81. The van der Waals surface area contributed by atoms with Gasteiger partial charge in [0.05, 0.1) is 6.67 Å². The van der Waals surface area contributed by atoms with E-state index in [2.05, 4.69) is 9.08 Å². The van der Waals surface area contributed by atoms with E-state index in [1.165, 1.54) is 23.9 Å². The Morgan fingerprint density at radius 3 is 2.44 bits per heavy atom. The van der Waals surface area contributed by atoms with Crippen LogP contribution in [0.5, 0.6) is 11.5 Å². The molecule has 1 unspecified atom stereocenters. The van der Waals surface area contributed by atoms with Gasteiger partial charge in [0.25, 0.3) is 0 Å². The summed E-state index contributed by atoms with van der Waals surface area (Å²) >= 11 is 7.73. The monoisotopic (exact) mass is 655 g/mol. The Morgan fingerprint density at radius 2 is 1.74 bits per heavy atom. The minimum Gasteiger partial charge on any atom is -0.489 e. The molecule has 2 aliphatic rings. The van der Waals surface area contributed by atoms with Crippen molar-refractivity contribution in [1.29, 1.82) is 0 Å². The number of alkyl halides is 4. The van der Waals surface area contributed by atoms with Crippen molar-refractivity contribution in [2.45, 2.75) is 42.7 Å². The molecule has 43 heavy (non-hydrogen) atoms. The first-order chi connectivity index (χ1) is 20.4. The third-order valence-corrected chi connectivity index (χ3v) is 9.87. The highest BCUT2D eigenvalue weighted by Crippen LogP contribution is 2.45. The highest BCUT2D eigenvalue weighted by Gasteiger charge is 2.48. The molecule has 3 aromatic rings. The molecule has 5 rings (SSSR count). The Kier molecular flexibility index (Phi) is 9.65. The van der Waals surface area contributed by atoms with Gasteiger partial charge in [-0.25, -0.2) is 0 Å². The van der Waals surface area contributed by atoms with Crippen molar-refractivity contribution in [3.05, 3.63) is 87.9 Å². The zero-order chi connectivity index (χ0) is 30.8. The SMILES string of the molecule is Cc1cc(C2=C(c3ccc(OC4CCN(CCCF)C4)cc3)c3ccc(OS(=O)(=O)C(F)(F)F)cc3SCC2)ccc1Cl. The number of hydrogen-bond donors (Lipinski definition) is 0. The van der Waals surface area contributed by atoms with Gasteiger partial charge in [-0.05, 0) is 96.0 Å². The van der Waals surface area contributed by atoms with Gasteiger partial charge in [-0.3, -0.25) is 9.29 Å². The van der Waals surface area contributed by atoms with Gasteiger partial charge in [-0.15, -0.1) is 11.8 Å². The summed E-state index contributed by atoms with van der Waals surface area (Å²) in [4.78, 5) is 2.80. The quantitative estimate of drug-likeness (QED) is 0.132. The van der Waals surface area contributed by atoms with Crippen LogP contribution in [-0.2, 0) is 10.1 Å². The number of fused-ring (bicyclic) bond motifs is 1. The molecule has 0 aromatic heterocycles. The maximum Gasteiger partial charge on any atom is 0.534 e. The summed E-state index contributed by atoms with van der Waals surface area (Å²) in [5, 5.41) is 0.638. The number of halogens is 5. The number of benzene rings is 3. The molecular formula is C31H30ClF4NO4S2. The third kappa shape index (κ3) is 7.33. The predicted molar refractivity (Wildman–Crippen MR) is 162 cm³/mol. The van der Waals surface area contributed by atoms with Gasteiger partial charge in [0.1, 0.15) is 17.6 Å². The molecular weight excluding hydrogens is 626 g/mol. The highest BCUT2D eigenvalue weighted by atomic mass is 35.5. The fourth-order valence-electron chi connectivity index (χ4n) is 5.33. The zero-order valence-corrected chi connectivity index (χ0v) is 25.7. The normalized spacial score (nSPS) is 18.0. The number of nitrogens with zero attached hydrogens (tertiary/aromatic N) is 1. The molecule has 3 aromatic carbocycles. The number of aryl methyl sites for hydroxylation is 1. The molecule has 1 fully saturated rings. The Labute approximate surface area is 257 Å². The second-order valence-corrected chi connectivity index (χ2v) is 13.5. The standard InChI is InChI=1S/C31H30ClF4NO4S2/c1-20-17-22(5-10-28(20)32)26-12-16-42-29-18-24(41-43(38,39)31(34,35)36)8-9-27(29)30(26)21-3-6-23(7-4-21)40-25-11-15-37(19-25)14-2-13-33/h3-10,17-18,25H,2,11-16,19H2,1H3. The van der Waals surface area contributed by atoms with E-state index >= 15 is 0 Å². The van der Waals surface area contributed by atoms with E-state index in [0.717, 1.165) is 52.9 Å². The van der Waals surface area contributed by atoms with Gasteiger partial charge in [-0.2, -0.15) is 21.6 Å². The van der Waals surface area contributed by atoms with E-state index in [1.807, 2.05) is 49.4 Å². The molecule has 0 bridgehead atoms. The van der Waals surface area contributed by atoms with E-state index in [-0.39, 0.29) is 12.8 Å². The van der Waals surface area contributed by atoms with Crippen LogP contribution in [0, 0.1) is 6.92 Å². The van der Waals surface area contributed by atoms with Crippen LogP contribution in [-0.4, -0.2) is 57.0 Å². The molecule has 0 radical (unpaired) electrons. The summed E-state index contributed by atoms with van der Waals surface area (Å²) < 4.78 is 85.4. The molecule has 12 heteroatoms. The highest BCUT2D eigenvalue weighted by molar-refractivity contribution is 7.99. The summed E-state index contributed by atoms with van der Waals surface area (Å²) in [6.45, 7) is 3.91. The van der Waals surface area contributed by atoms with Crippen LogP contribution in [0.4, 0.5) is 17.6 Å². The van der Waals surface area contributed by atoms with Gasteiger partial charge in [0, 0.05) is 35.3 Å². The number of allylic oxidation sites excluding steroid dienone is 1. The Balaban J connectivity index is 1.51. The molecule has 1 atom stereocenters. The van der Waals surface area contributed by atoms with E-state index in [9.17, 15) is 26.0 Å². The molecule has 0 aliphatic carbocycles. The van der Waals surface area contributed by atoms with Gasteiger partial charge in [0.2, 0.25) is 0 Å². The lowest BCUT2D eigenvalue weighted by molar-refractivity contribution is -0.0500. The van der Waals surface area contributed by atoms with Gasteiger partial charge in [0.15, 0.2) is 0 Å². The van der Waals surface area contributed by atoms with Crippen molar-refractivity contribution in [2.24, 2.45) is 0 Å². The molecule has 0 saturated carbocycles. The lowest BCUT2D eigenvalue weighted by Gasteiger charge is -2.19. The lowest BCUT2D eigenvalue weighted by Crippen LogP contribution is -2.28.